The van der Waals surface area contributed by atoms with Crippen molar-refractivity contribution in [2.45, 2.75) is 6.42 Å². The summed E-state index contributed by atoms with van der Waals surface area (Å²) in [5, 5.41) is 7.24. The highest BCUT2D eigenvalue weighted by Crippen LogP contribution is 2.28. The van der Waals surface area contributed by atoms with Crippen LogP contribution in [-0.4, -0.2) is 10.9 Å². The van der Waals surface area contributed by atoms with Crippen molar-refractivity contribution in [3.63, 3.8) is 0 Å². The third-order valence-electron chi connectivity index (χ3n) is 2.80. The molecule has 1 aromatic carbocycles. The van der Waals surface area contributed by atoms with Gasteiger partial charge in [0, 0.05) is 5.38 Å². The molecular weight excluding hydrogens is 307 g/mol. The molecule has 1 amide bonds. The molecule has 3 aromatic rings. The Hall–Kier alpha value is -2.05. The molecule has 0 saturated carbocycles. The van der Waals surface area contributed by atoms with Gasteiger partial charge in [-0.15, -0.1) is 22.7 Å². The third kappa shape index (κ3) is 3.53. The van der Waals surface area contributed by atoms with Crippen LogP contribution in [0.25, 0.3) is 10.6 Å². The van der Waals surface area contributed by atoms with Crippen LogP contribution in [0.1, 0.15) is 5.56 Å². The predicted octanol–water partition coefficient (Wildman–Crippen LogP) is 4.19. The van der Waals surface area contributed by atoms with Crippen LogP contribution in [0.2, 0.25) is 0 Å². The van der Waals surface area contributed by atoms with Gasteiger partial charge >= 0.3 is 0 Å². The standard InChI is InChI=1S/C15H11FN2OS2/c16-11-5-3-10(4-6-11)8-14(19)18-15-17-12(9-21-15)13-2-1-7-20-13/h1-7,9H,8H2,(H,17,18,19). The maximum Gasteiger partial charge on any atom is 0.230 e. The largest absolute Gasteiger partial charge is 0.302 e. The van der Waals surface area contributed by atoms with E-state index in [-0.39, 0.29) is 18.1 Å². The van der Waals surface area contributed by atoms with Crippen LogP contribution in [0.15, 0.2) is 47.2 Å². The lowest BCUT2D eigenvalue weighted by Crippen LogP contribution is -2.14. The maximum absolute atomic E-state index is 12.8. The zero-order valence-corrected chi connectivity index (χ0v) is 12.5. The highest BCUT2D eigenvalue weighted by Gasteiger charge is 2.09. The van der Waals surface area contributed by atoms with Gasteiger partial charge in [-0.2, -0.15) is 0 Å². The summed E-state index contributed by atoms with van der Waals surface area (Å²) in [5.74, 6) is -0.464. The van der Waals surface area contributed by atoms with Crippen molar-refractivity contribution in [1.29, 1.82) is 0 Å². The normalized spacial score (nSPS) is 10.5. The minimum absolute atomic E-state index is 0.159. The lowest BCUT2D eigenvalue weighted by atomic mass is 10.1. The molecular formula is C15H11FN2OS2. The number of aromatic nitrogens is 1. The molecule has 0 unspecified atom stereocenters. The molecule has 1 N–H and O–H groups in total. The van der Waals surface area contributed by atoms with Crippen molar-refractivity contribution in [3.05, 3.63) is 58.5 Å². The molecule has 21 heavy (non-hydrogen) atoms. The van der Waals surface area contributed by atoms with E-state index >= 15 is 0 Å². The monoisotopic (exact) mass is 318 g/mol. The van der Waals surface area contributed by atoms with Gasteiger partial charge in [0.1, 0.15) is 5.82 Å². The number of halogens is 1. The zero-order chi connectivity index (χ0) is 14.7. The van der Waals surface area contributed by atoms with E-state index in [4.69, 9.17) is 0 Å². The van der Waals surface area contributed by atoms with Crippen LogP contribution < -0.4 is 5.32 Å². The van der Waals surface area contributed by atoms with Gasteiger partial charge in [0.25, 0.3) is 0 Å². The summed E-state index contributed by atoms with van der Waals surface area (Å²) in [5.41, 5.74) is 1.64. The molecule has 0 atom stereocenters. The predicted molar refractivity (Wildman–Crippen MR) is 84.2 cm³/mol. The van der Waals surface area contributed by atoms with Crippen LogP contribution in [0.4, 0.5) is 9.52 Å². The lowest BCUT2D eigenvalue weighted by Gasteiger charge is -2.01. The van der Waals surface area contributed by atoms with Gasteiger partial charge in [0.05, 0.1) is 17.0 Å². The molecule has 0 radical (unpaired) electrons. The molecule has 6 heteroatoms. The minimum Gasteiger partial charge on any atom is -0.302 e. The Morgan fingerprint density at radius 3 is 2.71 bits per heavy atom. The van der Waals surface area contributed by atoms with Crippen molar-refractivity contribution < 1.29 is 9.18 Å². The molecule has 3 rings (SSSR count). The third-order valence-corrected chi connectivity index (χ3v) is 4.45. The molecule has 0 aliphatic rings. The van der Waals surface area contributed by atoms with Crippen molar-refractivity contribution in [3.8, 4) is 10.6 Å². The van der Waals surface area contributed by atoms with Gasteiger partial charge in [0.15, 0.2) is 5.13 Å². The highest BCUT2D eigenvalue weighted by atomic mass is 32.1. The topological polar surface area (TPSA) is 42.0 Å². The number of thiophene rings is 1. The number of hydrogen-bond donors (Lipinski definition) is 1. The van der Waals surface area contributed by atoms with E-state index < -0.39 is 0 Å². The first-order valence-electron chi connectivity index (χ1n) is 6.24. The van der Waals surface area contributed by atoms with Crippen LogP contribution in [0.3, 0.4) is 0 Å². The van der Waals surface area contributed by atoms with E-state index in [0.717, 1.165) is 16.1 Å². The number of carbonyl (C=O) groups is 1. The van der Waals surface area contributed by atoms with Gasteiger partial charge in [-0.1, -0.05) is 18.2 Å². The fourth-order valence-electron chi connectivity index (χ4n) is 1.82. The van der Waals surface area contributed by atoms with Gasteiger partial charge in [-0.3, -0.25) is 4.79 Å². The van der Waals surface area contributed by atoms with E-state index in [9.17, 15) is 9.18 Å². The number of thiazole rings is 1. The van der Waals surface area contributed by atoms with E-state index in [1.165, 1.54) is 23.5 Å². The van der Waals surface area contributed by atoms with Crippen molar-refractivity contribution in [2.75, 3.05) is 5.32 Å². The molecule has 0 spiro atoms. The fourth-order valence-corrected chi connectivity index (χ4v) is 3.31. The maximum atomic E-state index is 12.8. The molecule has 0 saturated heterocycles. The molecule has 0 aliphatic heterocycles. The average molecular weight is 318 g/mol. The first-order valence-corrected chi connectivity index (χ1v) is 8.00. The van der Waals surface area contributed by atoms with Crippen molar-refractivity contribution >= 4 is 33.7 Å². The highest BCUT2D eigenvalue weighted by molar-refractivity contribution is 7.16. The Labute approximate surface area is 129 Å². The zero-order valence-electron chi connectivity index (χ0n) is 10.9. The van der Waals surface area contributed by atoms with E-state index in [1.54, 1.807) is 23.5 Å². The van der Waals surface area contributed by atoms with Crippen molar-refractivity contribution in [1.82, 2.24) is 4.98 Å². The van der Waals surface area contributed by atoms with Crippen molar-refractivity contribution in [2.24, 2.45) is 0 Å². The fraction of sp³-hybridized carbons (Fsp3) is 0.0667. The molecule has 2 aromatic heterocycles. The van der Waals surface area contributed by atoms with Crippen LogP contribution in [0, 0.1) is 5.82 Å². The van der Waals surface area contributed by atoms with Gasteiger partial charge in [-0.05, 0) is 29.1 Å². The Morgan fingerprint density at radius 2 is 2.00 bits per heavy atom. The van der Waals surface area contributed by atoms with Gasteiger partial charge in [0.2, 0.25) is 5.91 Å². The number of carbonyl (C=O) groups excluding carboxylic acids is 1. The Kier molecular flexibility index (Phi) is 4.08. The lowest BCUT2D eigenvalue weighted by molar-refractivity contribution is -0.115. The van der Waals surface area contributed by atoms with E-state index in [2.05, 4.69) is 10.3 Å². The number of benzene rings is 1. The summed E-state index contributed by atoms with van der Waals surface area (Å²) < 4.78 is 12.8. The second-order valence-electron chi connectivity index (χ2n) is 4.37. The number of amides is 1. The minimum atomic E-state index is -0.306. The Bertz CT molecular complexity index is 735. The Morgan fingerprint density at radius 1 is 1.19 bits per heavy atom. The second kappa shape index (κ2) is 6.15. The second-order valence-corrected chi connectivity index (χ2v) is 6.17. The molecule has 106 valence electrons. The quantitative estimate of drug-likeness (QED) is 0.783. The Balaban J connectivity index is 1.64. The number of nitrogens with zero attached hydrogens (tertiary/aromatic N) is 1. The smallest absolute Gasteiger partial charge is 0.230 e. The summed E-state index contributed by atoms with van der Waals surface area (Å²) in [6.45, 7) is 0. The van der Waals surface area contributed by atoms with E-state index in [1.807, 2.05) is 22.9 Å². The molecule has 3 nitrogen and oxygen atoms in total. The number of anilines is 1. The number of nitrogens with one attached hydrogen (secondary N) is 1. The summed E-state index contributed by atoms with van der Waals surface area (Å²) >= 11 is 3.00. The first-order chi connectivity index (χ1) is 10.2. The number of hydrogen-bond acceptors (Lipinski definition) is 4. The van der Waals surface area contributed by atoms with E-state index in [0.29, 0.717) is 5.13 Å². The summed E-state index contributed by atoms with van der Waals surface area (Å²) in [4.78, 5) is 17.4. The van der Waals surface area contributed by atoms with Crippen LogP contribution >= 0.6 is 22.7 Å². The van der Waals surface area contributed by atoms with Gasteiger partial charge < -0.3 is 5.32 Å². The first kappa shape index (κ1) is 13.9. The molecule has 0 bridgehead atoms. The number of rotatable bonds is 4. The average Bonchev–Trinajstić information content (AvgIpc) is 3.12. The SMILES string of the molecule is O=C(Cc1ccc(F)cc1)Nc1nc(-c2cccs2)cs1. The van der Waals surface area contributed by atoms with Gasteiger partial charge in [-0.25, -0.2) is 9.37 Å². The summed E-state index contributed by atoms with van der Waals surface area (Å²) in [6, 6.07) is 9.86. The summed E-state index contributed by atoms with van der Waals surface area (Å²) in [6.07, 6.45) is 0.203. The molecule has 2 heterocycles. The molecule has 0 aliphatic carbocycles. The van der Waals surface area contributed by atoms with Crippen LogP contribution in [0.5, 0.6) is 0 Å². The van der Waals surface area contributed by atoms with Crippen LogP contribution in [-0.2, 0) is 11.2 Å². The molecule has 0 fully saturated rings. The summed E-state index contributed by atoms with van der Waals surface area (Å²) in [7, 11) is 0.